The fraction of sp³-hybridized carbons (Fsp3) is 0.400. The highest BCUT2D eigenvalue weighted by molar-refractivity contribution is 5.29. The molecule has 1 atom stereocenters. The van der Waals surface area contributed by atoms with Crippen LogP contribution in [0.2, 0.25) is 0 Å². The van der Waals surface area contributed by atoms with Crippen LogP contribution >= 0.6 is 0 Å². The van der Waals surface area contributed by atoms with Gasteiger partial charge in [-0.1, -0.05) is 18.2 Å². The molecule has 0 aliphatic heterocycles. The first-order valence-corrected chi connectivity index (χ1v) is 3.96. The van der Waals surface area contributed by atoms with Gasteiger partial charge in [-0.15, -0.1) is 6.58 Å². The second-order valence-electron chi connectivity index (χ2n) is 2.87. The molecule has 1 N–H and O–H groups in total. The fourth-order valence-electron chi connectivity index (χ4n) is 1.29. The highest BCUT2D eigenvalue weighted by Gasteiger charge is 2.09. The third kappa shape index (κ3) is 1.73. The van der Waals surface area contributed by atoms with Gasteiger partial charge in [0, 0.05) is 18.7 Å². The first-order chi connectivity index (χ1) is 5.27. The minimum atomic E-state index is 0.515. The quantitative estimate of drug-likeness (QED) is 0.594. The molecule has 0 radical (unpaired) electrons. The van der Waals surface area contributed by atoms with E-state index in [1.807, 2.05) is 13.1 Å². The van der Waals surface area contributed by atoms with Crippen LogP contribution in [-0.2, 0) is 0 Å². The molecule has 1 aliphatic carbocycles. The number of allylic oxidation sites excluding steroid dienone is 5. The van der Waals surface area contributed by atoms with Crippen molar-refractivity contribution in [3.63, 3.8) is 0 Å². The molecular weight excluding hydrogens is 134 g/mol. The normalized spacial score (nSPS) is 23.6. The monoisotopic (exact) mass is 149 g/mol. The van der Waals surface area contributed by atoms with Gasteiger partial charge in [-0.05, 0) is 18.9 Å². The lowest BCUT2D eigenvalue weighted by Crippen LogP contribution is -2.13. The molecule has 60 valence electrons. The van der Waals surface area contributed by atoms with Crippen LogP contribution in [0.25, 0.3) is 0 Å². The zero-order valence-corrected chi connectivity index (χ0v) is 7.22. The molecule has 0 saturated heterocycles. The summed E-state index contributed by atoms with van der Waals surface area (Å²) in [7, 11) is 1.97. The molecule has 1 rings (SSSR count). The van der Waals surface area contributed by atoms with Crippen LogP contribution in [-0.4, -0.2) is 7.05 Å². The van der Waals surface area contributed by atoms with Gasteiger partial charge < -0.3 is 5.32 Å². The van der Waals surface area contributed by atoms with E-state index in [0.29, 0.717) is 5.92 Å². The maximum absolute atomic E-state index is 3.78. The van der Waals surface area contributed by atoms with Gasteiger partial charge in [-0.25, -0.2) is 0 Å². The summed E-state index contributed by atoms with van der Waals surface area (Å²) in [6, 6.07) is 0. The minimum absolute atomic E-state index is 0.515. The third-order valence-corrected chi connectivity index (χ3v) is 2.11. The van der Waals surface area contributed by atoms with E-state index in [1.165, 1.54) is 11.3 Å². The van der Waals surface area contributed by atoms with E-state index in [9.17, 15) is 0 Å². The third-order valence-electron chi connectivity index (χ3n) is 2.11. The molecule has 0 spiro atoms. The van der Waals surface area contributed by atoms with E-state index in [-0.39, 0.29) is 0 Å². The second-order valence-corrected chi connectivity index (χ2v) is 2.87. The molecular formula is C10H15N. The molecule has 0 fully saturated rings. The Balaban J connectivity index is 2.74. The average molecular weight is 149 g/mol. The van der Waals surface area contributed by atoms with E-state index in [4.69, 9.17) is 0 Å². The van der Waals surface area contributed by atoms with Crippen molar-refractivity contribution >= 4 is 0 Å². The predicted molar refractivity (Wildman–Crippen MR) is 49.2 cm³/mol. The topological polar surface area (TPSA) is 12.0 Å². The molecule has 0 saturated carbocycles. The summed E-state index contributed by atoms with van der Waals surface area (Å²) >= 11 is 0. The van der Waals surface area contributed by atoms with Crippen molar-refractivity contribution in [2.75, 3.05) is 7.05 Å². The number of nitrogens with one attached hydrogen (secondary N) is 1. The highest BCUT2D eigenvalue weighted by atomic mass is 14.8. The Morgan fingerprint density at radius 3 is 3.00 bits per heavy atom. The van der Waals surface area contributed by atoms with Crippen LogP contribution in [0.1, 0.15) is 13.3 Å². The molecule has 11 heavy (non-hydrogen) atoms. The zero-order chi connectivity index (χ0) is 8.27. The van der Waals surface area contributed by atoms with Crippen molar-refractivity contribution in [3.05, 3.63) is 36.1 Å². The second kappa shape index (κ2) is 3.42. The molecule has 0 amide bonds. The number of hydrogen-bond donors (Lipinski definition) is 1. The van der Waals surface area contributed by atoms with Gasteiger partial charge in [0.05, 0.1) is 0 Å². The van der Waals surface area contributed by atoms with E-state index in [0.717, 1.165) is 6.42 Å². The van der Waals surface area contributed by atoms with E-state index < -0.39 is 0 Å². The van der Waals surface area contributed by atoms with E-state index >= 15 is 0 Å². The summed E-state index contributed by atoms with van der Waals surface area (Å²) in [5.74, 6) is 0.515. The average Bonchev–Trinajstić information content (AvgIpc) is 2.05. The van der Waals surface area contributed by atoms with Gasteiger partial charge in [0.15, 0.2) is 0 Å². The van der Waals surface area contributed by atoms with Crippen molar-refractivity contribution in [3.8, 4) is 0 Å². The van der Waals surface area contributed by atoms with Crippen molar-refractivity contribution in [1.82, 2.24) is 5.32 Å². The fourth-order valence-corrected chi connectivity index (χ4v) is 1.29. The molecule has 1 unspecified atom stereocenters. The van der Waals surface area contributed by atoms with Crippen LogP contribution in [0.15, 0.2) is 36.1 Å². The SMILES string of the molecule is C=CC1C=CC(C)=C(NC)C1. The summed E-state index contributed by atoms with van der Waals surface area (Å²) in [5.41, 5.74) is 2.67. The number of rotatable bonds is 2. The minimum Gasteiger partial charge on any atom is -0.391 e. The molecule has 0 aromatic rings. The Morgan fingerprint density at radius 2 is 2.45 bits per heavy atom. The molecule has 1 heteroatoms. The van der Waals surface area contributed by atoms with Crippen molar-refractivity contribution in [2.45, 2.75) is 13.3 Å². The van der Waals surface area contributed by atoms with Gasteiger partial charge in [-0.3, -0.25) is 0 Å². The molecule has 1 aliphatic rings. The lowest BCUT2D eigenvalue weighted by atomic mass is 9.94. The van der Waals surface area contributed by atoms with Crippen molar-refractivity contribution in [2.24, 2.45) is 5.92 Å². The Hall–Kier alpha value is -0.980. The van der Waals surface area contributed by atoms with Crippen LogP contribution in [0.4, 0.5) is 0 Å². The number of hydrogen-bond acceptors (Lipinski definition) is 1. The van der Waals surface area contributed by atoms with Crippen LogP contribution in [0.5, 0.6) is 0 Å². The Labute approximate surface area is 68.5 Å². The molecule has 0 heterocycles. The van der Waals surface area contributed by atoms with Crippen LogP contribution in [0.3, 0.4) is 0 Å². The van der Waals surface area contributed by atoms with Gasteiger partial charge >= 0.3 is 0 Å². The summed E-state index contributed by atoms with van der Waals surface area (Å²) in [6.07, 6.45) is 7.41. The largest absolute Gasteiger partial charge is 0.391 e. The summed E-state index contributed by atoms with van der Waals surface area (Å²) in [6.45, 7) is 5.90. The Morgan fingerprint density at radius 1 is 1.73 bits per heavy atom. The van der Waals surface area contributed by atoms with Gasteiger partial charge in [-0.2, -0.15) is 0 Å². The standard InChI is InChI=1S/C10H15N/c1-4-9-6-5-8(2)10(7-9)11-3/h4-6,9,11H,1,7H2,2-3H3. The maximum atomic E-state index is 3.78. The van der Waals surface area contributed by atoms with Gasteiger partial charge in [0.25, 0.3) is 0 Å². The highest BCUT2D eigenvalue weighted by Crippen LogP contribution is 2.21. The molecule has 0 bridgehead atoms. The molecule has 1 nitrogen and oxygen atoms in total. The Bertz CT molecular complexity index is 211. The van der Waals surface area contributed by atoms with E-state index in [2.05, 4.69) is 31.0 Å². The smallest absolute Gasteiger partial charge is 0.0143 e. The summed E-state index contributed by atoms with van der Waals surface area (Å²) in [5, 5.41) is 3.20. The predicted octanol–water partition coefficient (Wildman–Crippen LogP) is 2.24. The molecule has 0 aromatic heterocycles. The lowest BCUT2D eigenvalue weighted by molar-refractivity contribution is 0.719. The van der Waals surface area contributed by atoms with Crippen LogP contribution < -0.4 is 5.32 Å². The maximum Gasteiger partial charge on any atom is 0.0143 e. The zero-order valence-electron chi connectivity index (χ0n) is 7.22. The van der Waals surface area contributed by atoms with Crippen molar-refractivity contribution < 1.29 is 0 Å². The summed E-state index contributed by atoms with van der Waals surface area (Å²) < 4.78 is 0. The lowest BCUT2D eigenvalue weighted by Gasteiger charge is -2.17. The van der Waals surface area contributed by atoms with Crippen molar-refractivity contribution in [1.29, 1.82) is 0 Å². The molecule has 0 aromatic carbocycles. The Kier molecular flexibility index (Phi) is 2.53. The van der Waals surface area contributed by atoms with Gasteiger partial charge in [0.2, 0.25) is 0 Å². The summed E-state index contributed by atoms with van der Waals surface area (Å²) in [4.78, 5) is 0. The first-order valence-electron chi connectivity index (χ1n) is 3.96. The van der Waals surface area contributed by atoms with Gasteiger partial charge in [0.1, 0.15) is 0 Å². The van der Waals surface area contributed by atoms with E-state index in [1.54, 1.807) is 0 Å². The van der Waals surface area contributed by atoms with Crippen LogP contribution in [0, 0.1) is 5.92 Å². The first kappa shape index (κ1) is 8.12.